The summed E-state index contributed by atoms with van der Waals surface area (Å²) in [4.78, 5) is 37.6. The molecule has 2 amide bonds. The van der Waals surface area contributed by atoms with Crippen molar-refractivity contribution < 1.29 is 14.3 Å². The molecule has 0 fully saturated rings. The molecule has 2 heterocycles. The molecule has 8 nitrogen and oxygen atoms in total. The second-order valence-electron chi connectivity index (χ2n) is 6.78. The number of amides is 2. The summed E-state index contributed by atoms with van der Waals surface area (Å²) in [7, 11) is 0. The molecule has 2 aromatic carbocycles. The quantitative estimate of drug-likeness (QED) is 0.657. The van der Waals surface area contributed by atoms with Crippen LogP contribution < -0.4 is 21.1 Å². The maximum Gasteiger partial charge on any atom is 0.290 e. The van der Waals surface area contributed by atoms with Crippen molar-refractivity contribution in [2.24, 2.45) is 5.92 Å². The van der Waals surface area contributed by atoms with E-state index in [9.17, 15) is 14.4 Å². The monoisotopic (exact) mass is 392 g/mol. The Bertz CT molecular complexity index is 1150. The number of hydrogen-bond donors (Lipinski definition) is 2. The normalized spacial score (nSPS) is 15.3. The molecule has 2 N–H and O–H groups in total. The smallest absolute Gasteiger partial charge is 0.290 e. The number of nitrogens with zero attached hydrogens (tertiary/aromatic N) is 2. The number of hydrogen-bond acceptors (Lipinski definition) is 5. The number of para-hydroxylation sites is 1. The van der Waals surface area contributed by atoms with Crippen LogP contribution in [0.3, 0.4) is 0 Å². The van der Waals surface area contributed by atoms with Gasteiger partial charge in [-0.3, -0.25) is 25.2 Å². The molecule has 1 atom stereocenters. The number of carbonyl (C=O) groups is 2. The number of nitrogens with one attached hydrogen (secondary N) is 2. The van der Waals surface area contributed by atoms with Crippen LogP contribution in [0, 0.1) is 5.92 Å². The summed E-state index contributed by atoms with van der Waals surface area (Å²) in [6.45, 7) is 2.34. The van der Waals surface area contributed by atoms with E-state index in [2.05, 4.69) is 16.0 Å². The Labute approximate surface area is 166 Å². The third-order valence-electron chi connectivity index (χ3n) is 4.93. The number of benzene rings is 2. The van der Waals surface area contributed by atoms with Crippen LogP contribution in [0.5, 0.6) is 5.75 Å². The van der Waals surface area contributed by atoms with Crippen molar-refractivity contribution in [1.82, 2.24) is 20.6 Å². The van der Waals surface area contributed by atoms with E-state index in [1.807, 2.05) is 24.3 Å². The van der Waals surface area contributed by atoms with Gasteiger partial charge < -0.3 is 4.74 Å². The van der Waals surface area contributed by atoms with Crippen molar-refractivity contribution in [3.05, 3.63) is 70.1 Å². The summed E-state index contributed by atoms with van der Waals surface area (Å²) in [5.74, 6) is -0.576. The summed E-state index contributed by atoms with van der Waals surface area (Å²) in [6, 6.07) is 14.3. The number of aryl methyl sites for hydroxylation is 1. The van der Waals surface area contributed by atoms with Crippen molar-refractivity contribution in [1.29, 1.82) is 0 Å². The topological polar surface area (TPSA) is 102 Å². The molecular formula is C21H20N4O4. The van der Waals surface area contributed by atoms with Gasteiger partial charge in [0.1, 0.15) is 12.4 Å². The molecule has 0 saturated carbocycles. The summed E-state index contributed by atoms with van der Waals surface area (Å²) in [5.41, 5.74) is 5.63. The number of ether oxygens (including phenoxy) is 1. The Hall–Kier alpha value is -3.68. The van der Waals surface area contributed by atoms with E-state index in [4.69, 9.17) is 4.74 Å². The third-order valence-corrected chi connectivity index (χ3v) is 4.93. The highest BCUT2D eigenvalue weighted by atomic mass is 16.5. The highest BCUT2D eigenvalue weighted by Gasteiger charge is 2.26. The molecule has 8 heteroatoms. The van der Waals surface area contributed by atoms with E-state index in [1.54, 1.807) is 31.2 Å². The minimum atomic E-state index is -0.589. The lowest BCUT2D eigenvalue weighted by atomic mass is 9.96. The molecule has 1 aromatic heterocycles. The van der Waals surface area contributed by atoms with Gasteiger partial charge >= 0.3 is 0 Å². The zero-order valence-corrected chi connectivity index (χ0v) is 15.8. The van der Waals surface area contributed by atoms with Gasteiger partial charge in [0.2, 0.25) is 5.91 Å². The van der Waals surface area contributed by atoms with Gasteiger partial charge in [0.25, 0.3) is 11.5 Å². The van der Waals surface area contributed by atoms with E-state index in [0.717, 1.165) is 11.3 Å². The third kappa shape index (κ3) is 3.56. The van der Waals surface area contributed by atoms with Crippen molar-refractivity contribution in [2.45, 2.75) is 19.9 Å². The number of rotatable bonds is 3. The number of fused-ring (bicyclic) bond motifs is 2. The average molecular weight is 392 g/mol. The van der Waals surface area contributed by atoms with Crippen LogP contribution in [0.4, 0.5) is 0 Å². The van der Waals surface area contributed by atoms with Gasteiger partial charge in [0.05, 0.1) is 11.3 Å². The Kier molecular flexibility index (Phi) is 4.99. The number of hydrazine groups is 1. The Morgan fingerprint density at radius 2 is 1.83 bits per heavy atom. The molecular weight excluding hydrogens is 372 g/mol. The minimum absolute atomic E-state index is 0.0765. The first-order valence-corrected chi connectivity index (χ1v) is 9.39. The molecule has 0 spiro atoms. The van der Waals surface area contributed by atoms with E-state index in [0.29, 0.717) is 23.7 Å². The zero-order chi connectivity index (χ0) is 20.4. The average Bonchev–Trinajstić information content (AvgIpc) is 2.77. The van der Waals surface area contributed by atoms with Crippen LogP contribution in [-0.4, -0.2) is 28.2 Å². The fourth-order valence-electron chi connectivity index (χ4n) is 3.39. The van der Waals surface area contributed by atoms with Crippen molar-refractivity contribution in [3.63, 3.8) is 0 Å². The molecule has 3 aromatic rings. The molecule has 1 unspecified atom stereocenters. The van der Waals surface area contributed by atoms with Crippen LogP contribution in [-0.2, 0) is 17.8 Å². The molecule has 148 valence electrons. The minimum Gasteiger partial charge on any atom is -0.492 e. The maximum absolute atomic E-state index is 12.7. The standard InChI is InChI=1S/C21H20N4O4/c1-2-25-21(28)16-9-5-4-8-15(16)18(24-25)20(27)23-22-19(26)14-11-13-7-3-6-10-17(13)29-12-14/h3-10,14H,2,11-12H2,1H3,(H,22,26)(H,23,27). The maximum atomic E-state index is 12.7. The van der Waals surface area contributed by atoms with Gasteiger partial charge in [-0.15, -0.1) is 0 Å². The van der Waals surface area contributed by atoms with E-state index >= 15 is 0 Å². The Morgan fingerprint density at radius 3 is 2.62 bits per heavy atom. The van der Waals surface area contributed by atoms with Gasteiger partial charge in [-0.25, -0.2) is 4.68 Å². The molecule has 0 radical (unpaired) electrons. The van der Waals surface area contributed by atoms with Crippen LogP contribution in [0.25, 0.3) is 10.8 Å². The molecule has 4 rings (SSSR count). The molecule has 0 bridgehead atoms. The van der Waals surface area contributed by atoms with Crippen molar-refractivity contribution in [2.75, 3.05) is 6.61 Å². The van der Waals surface area contributed by atoms with Gasteiger partial charge in [-0.1, -0.05) is 36.4 Å². The fourth-order valence-corrected chi connectivity index (χ4v) is 3.39. The molecule has 1 aliphatic heterocycles. The van der Waals surface area contributed by atoms with Crippen LogP contribution in [0.15, 0.2) is 53.3 Å². The summed E-state index contributed by atoms with van der Waals surface area (Å²) in [6.07, 6.45) is 0.528. The van der Waals surface area contributed by atoms with Crippen LogP contribution in [0.2, 0.25) is 0 Å². The number of aromatic nitrogens is 2. The lowest BCUT2D eigenvalue weighted by molar-refractivity contribution is -0.127. The molecule has 1 aliphatic rings. The van der Waals surface area contributed by atoms with Gasteiger partial charge in [-0.2, -0.15) is 5.10 Å². The molecule has 0 aliphatic carbocycles. The van der Waals surface area contributed by atoms with E-state index in [-0.39, 0.29) is 23.8 Å². The lowest BCUT2D eigenvalue weighted by Crippen LogP contribution is -2.47. The van der Waals surface area contributed by atoms with Gasteiger partial charge in [-0.05, 0) is 31.0 Å². The predicted octanol–water partition coefficient (Wildman–Crippen LogP) is 1.43. The second-order valence-corrected chi connectivity index (χ2v) is 6.78. The van der Waals surface area contributed by atoms with E-state index < -0.39 is 11.8 Å². The lowest BCUT2D eigenvalue weighted by Gasteiger charge is -2.24. The molecule has 0 saturated heterocycles. The Balaban J connectivity index is 1.50. The fraction of sp³-hybridized carbons (Fsp3) is 0.238. The summed E-state index contributed by atoms with van der Waals surface area (Å²) < 4.78 is 6.85. The number of carbonyl (C=O) groups excluding carboxylic acids is 2. The SMILES string of the molecule is CCn1nc(C(=O)NNC(=O)C2COc3ccccc3C2)c2ccccc2c1=O. The van der Waals surface area contributed by atoms with Crippen LogP contribution >= 0.6 is 0 Å². The summed E-state index contributed by atoms with van der Waals surface area (Å²) in [5, 5.41) is 4.99. The summed E-state index contributed by atoms with van der Waals surface area (Å²) >= 11 is 0. The van der Waals surface area contributed by atoms with Gasteiger partial charge in [0, 0.05) is 11.9 Å². The largest absolute Gasteiger partial charge is 0.492 e. The van der Waals surface area contributed by atoms with Crippen molar-refractivity contribution in [3.8, 4) is 5.75 Å². The first-order valence-electron chi connectivity index (χ1n) is 9.39. The van der Waals surface area contributed by atoms with Crippen LogP contribution in [0.1, 0.15) is 23.0 Å². The highest BCUT2D eigenvalue weighted by Crippen LogP contribution is 2.26. The first-order chi connectivity index (χ1) is 14.1. The van der Waals surface area contributed by atoms with Gasteiger partial charge in [0.15, 0.2) is 5.69 Å². The van der Waals surface area contributed by atoms with E-state index in [1.165, 1.54) is 4.68 Å². The highest BCUT2D eigenvalue weighted by molar-refractivity contribution is 6.05. The van der Waals surface area contributed by atoms with Crippen molar-refractivity contribution >= 4 is 22.6 Å². The molecule has 29 heavy (non-hydrogen) atoms. The second kappa shape index (κ2) is 7.75. The zero-order valence-electron chi connectivity index (χ0n) is 15.8. The Morgan fingerprint density at radius 1 is 1.10 bits per heavy atom. The predicted molar refractivity (Wildman–Crippen MR) is 106 cm³/mol. The first kappa shape index (κ1) is 18.7.